The molecule has 3 nitrogen and oxygen atoms in total. The molecule has 21 heavy (non-hydrogen) atoms. The van der Waals surface area contributed by atoms with E-state index in [1.54, 1.807) is 19.2 Å². The Kier molecular flexibility index (Phi) is 3.71. The molecular formula is C17H17FN2O. The Balaban J connectivity index is 2.04. The molecule has 0 spiro atoms. The summed E-state index contributed by atoms with van der Waals surface area (Å²) < 4.78 is 14.0. The topological polar surface area (TPSA) is 41.1 Å². The van der Waals surface area contributed by atoms with Crippen molar-refractivity contribution in [3.63, 3.8) is 0 Å². The molecule has 0 aromatic heterocycles. The zero-order chi connectivity index (χ0) is 14.8. The van der Waals surface area contributed by atoms with E-state index in [4.69, 9.17) is 0 Å². The van der Waals surface area contributed by atoms with Crippen LogP contribution in [0.15, 0.2) is 42.5 Å². The molecule has 1 atom stereocenters. The molecule has 0 saturated heterocycles. The van der Waals surface area contributed by atoms with Crippen LogP contribution in [-0.4, -0.2) is 19.5 Å². The summed E-state index contributed by atoms with van der Waals surface area (Å²) in [6, 6.07) is 12.2. The maximum atomic E-state index is 14.0. The van der Waals surface area contributed by atoms with Crippen molar-refractivity contribution in [2.24, 2.45) is 0 Å². The highest BCUT2D eigenvalue weighted by Gasteiger charge is 2.21. The van der Waals surface area contributed by atoms with Crippen LogP contribution in [0.5, 0.6) is 0 Å². The predicted octanol–water partition coefficient (Wildman–Crippen LogP) is 2.42. The lowest BCUT2D eigenvalue weighted by Crippen LogP contribution is -2.32. The van der Waals surface area contributed by atoms with Gasteiger partial charge in [0.2, 0.25) is 0 Å². The highest BCUT2D eigenvalue weighted by molar-refractivity contribution is 5.96. The zero-order valence-corrected chi connectivity index (χ0v) is 11.8. The Labute approximate surface area is 123 Å². The Morgan fingerprint density at radius 2 is 2.05 bits per heavy atom. The molecule has 1 aliphatic heterocycles. The number of carbonyl (C=O) groups is 1. The normalized spacial score (nSPS) is 15.2. The molecule has 1 aliphatic rings. The number of hydrogen-bond donors (Lipinski definition) is 2. The van der Waals surface area contributed by atoms with Crippen LogP contribution >= 0.6 is 0 Å². The van der Waals surface area contributed by atoms with Crippen molar-refractivity contribution in [3.05, 3.63) is 70.5 Å². The average Bonchev–Trinajstić information content (AvgIpc) is 2.51. The largest absolute Gasteiger partial charge is 0.352 e. The van der Waals surface area contributed by atoms with Gasteiger partial charge in [-0.1, -0.05) is 30.3 Å². The molecule has 0 aliphatic carbocycles. The molecule has 1 unspecified atom stereocenters. The SMILES string of the molecule is CNC(c1ccc2c(c1)C(=O)NCC2)c1ccccc1F. The quantitative estimate of drug-likeness (QED) is 0.909. The summed E-state index contributed by atoms with van der Waals surface area (Å²) in [6.07, 6.45) is 0.839. The number of nitrogens with one attached hydrogen (secondary N) is 2. The third-order valence-corrected chi connectivity index (χ3v) is 3.90. The molecule has 0 radical (unpaired) electrons. The van der Waals surface area contributed by atoms with Crippen LogP contribution < -0.4 is 10.6 Å². The van der Waals surface area contributed by atoms with Crippen molar-refractivity contribution in [2.45, 2.75) is 12.5 Å². The van der Waals surface area contributed by atoms with Gasteiger partial charge in [-0.2, -0.15) is 0 Å². The van der Waals surface area contributed by atoms with Crippen molar-refractivity contribution >= 4 is 5.91 Å². The lowest BCUT2D eigenvalue weighted by atomic mass is 9.92. The summed E-state index contributed by atoms with van der Waals surface area (Å²) in [6.45, 7) is 0.675. The van der Waals surface area contributed by atoms with Crippen LogP contribution in [-0.2, 0) is 6.42 Å². The third-order valence-electron chi connectivity index (χ3n) is 3.90. The maximum Gasteiger partial charge on any atom is 0.251 e. The molecule has 4 heteroatoms. The highest BCUT2D eigenvalue weighted by Crippen LogP contribution is 2.26. The molecule has 1 amide bonds. The van der Waals surface area contributed by atoms with Gasteiger partial charge in [0.15, 0.2) is 0 Å². The first kappa shape index (κ1) is 13.8. The Morgan fingerprint density at radius 3 is 2.81 bits per heavy atom. The van der Waals surface area contributed by atoms with Gasteiger partial charge in [-0.25, -0.2) is 4.39 Å². The van der Waals surface area contributed by atoms with Crippen LogP contribution in [0.3, 0.4) is 0 Å². The molecular weight excluding hydrogens is 267 g/mol. The summed E-state index contributed by atoms with van der Waals surface area (Å²) in [5.74, 6) is -0.305. The van der Waals surface area contributed by atoms with Crippen molar-refractivity contribution < 1.29 is 9.18 Å². The van der Waals surface area contributed by atoms with Gasteiger partial charge in [0.25, 0.3) is 5.91 Å². The van der Waals surface area contributed by atoms with Crippen molar-refractivity contribution in [3.8, 4) is 0 Å². The van der Waals surface area contributed by atoms with Crippen molar-refractivity contribution in [1.29, 1.82) is 0 Å². The van der Waals surface area contributed by atoms with Gasteiger partial charge in [-0.3, -0.25) is 4.79 Å². The van der Waals surface area contributed by atoms with Crippen LogP contribution in [0.2, 0.25) is 0 Å². The van der Waals surface area contributed by atoms with Gasteiger partial charge in [-0.15, -0.1) is 0 Å². The molecule has 2 aromatic carbocycles. The fourth-order valence-electron chi connectivity index (χ4n) is 2.82. The minimum absolute atomic E-state index is 0.0542. The zero-order valence-electron chi connectivity index (χ0n) is 11.8. The fraction of sp³-hybridized carbons (Fsp3) is 0.235. The fourth-order valence-corrected chi connectivity index (χ4v) is 2.82. The average molecular weight is 284 g/mol. The molecule has 0 bridgehead atoms. The van der Waals surface area contributed by atoms with Gasteiger partial charge < -0.3 is 10.6 Å². The Bertz CT molecular complexity index is 684. The van der Waals surface area contributed by atoms with Gasteiger partial charge in [0.1, 0.15) is 5.82 Å². The number of amides is 1. The number of halogens is 1. The maximum absolute atomic E-state index is 14.0. The standard InChI is InChI=1S/C17H17FN2O/c1-19-16(13-4-2-3-5-15(13)18)12-7-6-11-8-9-20-17(21)14(11)10-12/h2-7,10,16,19H,8-9H2,1H3,(H,20,21). The van der Waals surface area contributed by atoms with Crippen molar-refractivity contribution in [1.82, 2.24) is 10.6 Å². The molecule has 0 saturated carbocycles. The van der Waals surface area contributed by atoms with E-state index in [1.165, 1.54) is 6.07 Å². The monoisotopic (exact) mass is 284 g/mol. The smallest absolute Gasteiger partial charge is 0.251 e. The summed E-state index contributed by atoms with van der Waals surface area (Å²) in [5.41, 5.74) is 3.20. The van der Waals surface area contributed by atoms with Crippen LogP contribution in [0.1, 0.15) is 33.1 Å². The minimum atomic E-state index is -0.272. The molecule has 2 aromatic rings. The summed E-state index contributed by atoms with van der Waals surface area (Å²) >= 11 is 0. The minimum Gasteiger partial charge on any atom is -0.352 e. The van der Waals surface area contributed by atoms with Crippen LogP contribution in [0, 0.1) is 5.82 Å². The second-order valence-electron chi connectivity index (χ2n) is 5.17. The highest BCUT2D eigenvalue weighted by atomic mass is 19.1. The first-order chi connectivity index (χ1) is 10.2. The van der Waals surface area contributed by atoms with E-state index in [1.807, 2.05) is 24.3 Å². The number of fused-ring (bicyclic) bond motifs is 1. The second kappa shape index (κ2) is 5.66. The van der Waals surface area contributed by atoms with E-state index in [-0.39, 0.29) is 17.8 Å². The Morgan fingerprint density at radius 1 is 1.24 bits per heavy atom. The third kappa shape index (κ3) is 2.54. The van der Waals surface area contributed by atoms with E-state index in [0.29, 0.717) is 17.7 Å². The molecule has 1 heterocycles. The van der Waals surface area contributed by atoms with Gasteiger partial charge in [-0.05, 0) is 36.7 Å². The lowest BCUT2D eigenvalue weighted by Gasteiger charge is -2.22. The van der Waals surface area contributed by atoms with E-state index in [0.717, 1.165) is 17.5 Å². The number of hydrogen-bond acceptors (Lipinski definition) is 2. The van der Waals surface area contributed by atoms with E-state index in [2.05, 4.69) is 10.6 Å². The van der Waals surface area contributed by atoms with Gasteiger partial charge in [0.05, 0.1) is 6.04 Å². The summed E-state index contributed by atoms with van der Waals surface area (Å²) in [4.78, 5) is 11.9. The molecule has 0 fully saturated rings. The van der Waals surface area contributed by atoms with E-state index >= 15 is 0 Å². The molecule has 3 rings (SSSR count). The van der Waals surface area contributed by atoms with E-state index < -0.39 is 0 Å². The van der Waals surface area contributed by atoms with Crippen LogP contribution in [0.4, 0.5) is 4.39 Å². The molecule has 108 valence electrons. The van der Waals surface area contributed by atoms with E-state index in [9.17, 15) is 9.18 Å². The number of carbonyl (C=O) groups excluding carboxylic acids is 1. The van der Waals surface area contributed by atoms with Gasteiger partial charge in [0, 0.05) is 17.7 Å². The van der Waals surface area contributed by atoms with Crippen molar-refractivity contribution in [2.75, 3.05) is 13.6 Å². The van der Waals surface area contributed by atoms with Crippen LogP contribution in [0.25, 0.3) is 0 Å². The Hall–Kier alpha value is -2.20. The van der Waals surface area contributed by atoms with Gasteiger partial charge >= 0.3 is 0 Å². The number of benzene rings is 2. The lowest BCUT2D eigenvalue weighted by molar-refractivity contribution is 0.0946. The first-order valence-corrected chi connectivity index (χ1v) is 7.03. The first-order valence-electron chi connectivity index (χ1n) is 7.03. The summed E-state index contributed by atoms with van der Waals surface area (Å²) in [5, 5.41) is 5.97. The summed E-state index contributed by atoms with van der Waals surface area (Å²) in [7, 11) is 1.79. The molecule has 2 N–H and O–H groups in total. The predicted molar refractivity (Wildman–Crippen MR) is 79.8 cm³/mol. The second-order valence-corrected chi connectivity index (χ2v) is 5.17. The number of rotatable bonds is 3.